The molecule has 0 saturated carbocycles. The van der Waals surface area contributed by atoms with Crippen molar-refractivity contribution in [3.8, 4) is 5.75 Å². The van der Waals surface area contributed by atoms with Gasteiger partial charge in [-0.25, -0.2) is 4.68 Å². The summed E-state index contributed by atoms with van der Waals surface area (Å²) >= 11 is 0. The third-order valence-electron chi connectivity index (χ3n) is 5.04. The molecule has 3 rings (SSSR count). The Morgan fingerprint density at radius 1 is 1.29 bits per heavy atom. The lowest BCUT2D eigenvalue weighted by Crippen LogP contribution is -2.53. The van der Waals surface area contributed by atoms with Crippen molar-refractivity contribution in [1.29, 1.82) is 0 Å². The lowest BCUT2D eigenvalue weighted by molar-refractivity contribution is -0.136. The van der Waals surface area contributed by atoms with Crippen molar-refractivity contribution >= 4 is 23.5 Å². The number of benzene rings is 1. The van der Waals surface area contributed by atoms with Gasteiger partial charge in [0.1, 0.15) is 11.6 Å². The lowest BCUT2D eigenvalue weighted by Gasteiger charge is -2.31. The van der Waals surface area contributed by atoms with E-state index in [0.29, 0.717) is 24.4 Å². The summed E-state index contributed by atoms with van der Waals surface area (Å²) in [6, 6.07) is 9.15. The number of para-hydroxylation sites is 1. The molecule has 2 heterocycles. The molecule has 2 atom stereocenters. The molecule has 10 nitrogen and oxygen atoms in total. The molecule has 0 radical (unpaired) electrons. The van der Waals surface area contributed by atoms with Crippen LogP contribution in [0.3, 0.4) is 0 Å². The molecular formula is C21H28N6O4. The van der Waals surface area contributed by atoms with E-state index in [1.165, 1.54) is 4.68 Å². The number of carbonyl (C=O) groups excluding carboxylic acids is 3. The van der Waals surface area contributed by atoms with Gasteiger partial charge in [0.2, 0.25) is 5.91 Å². The van der Waals surface area contributed by atoms with Crippen LogP contribution in [0.15, 0.2) is 30.3 Å². The van der Waals surface area contributed by atoms with Crippen LogP contribution in [0.5, 0.6) is 5.75 Å². The predicted molar refractivity (Wildman–Crippen MR) is 114 cm³/mol. The Morgan fingerprint density at radius 3 is 2.81 bits per heavy atom. The number of amides is 3. The van der Waals surface area contributed by atoms with Crippen LogP contribution in [0.1, 0.15) is 37.3 Å². The smallest absolute Gasteiger partial charge is 0.314 e. The maximum Gasteiger partial charge on any atom is 0.314 e. The van der Waals surface area contributed by atoms with E-state index in [9.17, 15) is 14.4 Å². The van der Waals surface area contributed by atoms with Crippen LogP contribution in [0.4, 0.5) is 5.82 Å². The molecule has 1 saturated heterocycles. The minimum Gasteiger partial charge on any atom is -0.496 e. The lowest BCUT2D eigenvalue weighted by atomic mass is 10.1. The van der Waals surface area contributed by atoms with Crippen molar-refractivity contribution in [2.24, 2.45) is 0 Å². The average Bonchev–Trinajstić information content (AvgIpc) is 3.13. The van der Waals surface area contributed by atoms with Gasteiger partial charge in [0.25, 0.3) is 0 Å². The quantitative estimate of drug-likeness (QED) is 0.484. The van der Waals surface area contributed by atoms with Gasteiger partial charge in [-0.1, -0.05) is 25.1 Å². The number of hydrogen-bond acceptors (Lipinski definition) is 6. The number of nitrogens with zero attached hydrogens (tertiary/aromatic N) is 2. The van der Waals surface area contributed by atoms with Gasteiger partial charge < -0.3 is 20.7 Å². The molecule has 1 fully saturated rings. The van der Waals surface area contributed by atoms with E-state index in [-0.39, 0.29) is 18.5 Å². The second kappa shape index (κ2) is 10.1. The van der Waals surface area contributed by atoms with Crippen LogP contribution in [0.25, 0.3) is 0 Å². The van der Waals surface area contributed by atoms with Gasteiger partial charge in [-0.2, -0.15) is 5.10 Å². The standard InChI is InChI=1S/C21H28N6O4/c1-4-15-12-18(28)25-21(23-15)27-17(11-13(2)26-27)24-20(30)19(29)22-10-9-14-7-5-6-8-16(14)31-3/h5-8,11,15,21,23H,4,9-10,12H2,1-3H3,(H,22,29)(H,24,30)(H,25,28). The highest BCUT2D eigenvalue weighted by molar-refractivity contribution is 6.39. The van der Waals surface area contributed by atoms with Crippen LogP contribution in [-0.2, 0) is 20.8 Å². The Labute approximate surface area is 180 Å². The van der Waals surface area contributed by atoms with Crippen LogP contribution in [-0.4, -0.2) is 47.2 Å². The second-order valence-corrected chi connectivity index (χ2v) is 7.33. The first-order valence-corrected chi connectivity index (χ1v) is 10.2. The molecule has 2 aromatic rings. The first-order valence-electron chi connectivity index (χ1n) is 10.2. The van der Waals surface area contributed by atoms with Crippen LogP contribution >= 0.6 is 0 Å². The fraction of sp³-hybridized carbons (Fsp3) is 0.429. The molecule has 0 aliphatic carbocycles. The highest BCUT2D eigenvalue weighted by atomic mass is 16.5. The molecule has 0 bridgehead atoms. The van der Waals surface area contributed by atoms with Crippen molar-refractivity contribution in [2.75, 3.05) is 19.0 Å². The zero-order chi connectivity index (χ0) is 22.4. The second-order valence-electron chi connectivity index (χ2n) is 7.33. The monoisotopic (exact) mass is 428 g/mol. The molecule has 3 amide bonds. The van der Waals surface area contributed by atoms with Crippen molar-refractivity contribution in [2.45, 2.75) is 45.4 Å². The van der Waals surface area contributed by atoms with Crippen LogP contribution in [0, 0.1) is 6.92 Å². The van der Waals surface area contributed by atoms with Gasteiger partial charge in [-0.3, -0.25) is 19.7 Å². The van der Waals surface area contributed by atoms with E-state index in [2.05, 4.69) is 26.4 Å². The molecule has 1 aliphatic heterocycles. The predicted octanol–water partition coefficient (Wildman–Crippen LogP) is 0.842. The molecule has 10 heteroatoms. The largest absolute Gasteiger partial charge is 0.496 e. The summed E-state index contributed by atoms with van der Waals surface area (Å²) in [5.41, 5.74) is 1.57. The summed E-state index contributed by atoms with van der Waals surface area (Å²) in [7, 11) is 1.59. The van der Waals surface area contributed by atoms with Crippen LogP contribution in [0.2, 0.25) is 0 Å². The van der Waals surface area contributed by atoms with Gasteiger partial charge in [0, 0.05) is 25.1 Å². The van der Waals surface area contributed by atoms with Gasteiger partial charge >= 0.3 is 11.8 Å². The van der Waals surface area contributed by atoms with E-state index in [1.807, 2.05) is 31.2 Å². The molecule has 0 spiro atoms. The average molecular weight is 428 g/mol. The Kier molecular flexibility index (Phi) is 7.24. The number of carbonyl (C=O) groups is 3. The summed E-state index contributed by atoms with van der Waals surface area (Å²) < 4.78 is 6.76. The maximum absolute atomic E-state index is 12.4. The zero-order valence-electron chi connectivity index (χ0n) is 17.9. The third-order valence-corrected chi connectivity index (χ3v) is 5.04. The summed E-state index contributed by atoms with van der Waals surface area (Å²) in [5, 5.41) is 15.6. The topological polar surface area (TPSA) is 126 Å². The summed E-state index contributed by atoms with van der Waals surface area (Å²) in [4.78, 5) is 36.7. The van der Waals surface area contributed by atoms with Crippen molar-refractivity contribution in [3.63, 3.8) is 0 Å². The van der Waals surface area contributed by atoms with Gasteiger partial charge in [0.05, 0.1) is 12.8 Å². The maximum atomic E-state index is 12.4. The number of rotatable bonds is 7. The van der Waals surface area contributed by atoms with E-state index in [4.69, 9.17) is 4.74 Å². The van der Waals surface area contributed by atoms with E-state index in [0.717, 1.165) is 17.7 Å². The van der Waals surface area contributed by atoms with Crippen LogP contribution < -0.4 is 26.0 Å². The van der Waals surface area contributed by atoms with Crippen molar-refractivity contribution in [1.82, 2.24) is 25.7 Å². The molecular weight excluding hydrogens is 400 g/mol. The molecule has 1 aromatic heterocycles. The molecule has 31 heavy (non-hydrogen) atoms. The van der Waals surface area contributed by atoms with Crippen molar-refractivity contribution in [3.05, 3.63) is 41.6 Å². The van der Waals surface area contributed by atoms with E-state index < -0.39 is 18.1 Å². The Morgan fingerprint density at radius 2 is 2.06 bits per heavy atom. The number of hydrogen-bond donors (Lipinski definition) is 4. The van der Waals surface area contributed by atoms with Gasteiger partial charge in [-0.05, 0) is 31.4 Å². The zero-order valence-corrected chi connectivity index (χ0v) is 17.9. The minimum atomic E-state index is -0.810. The summed E-state index contributed by atoms with van der Waals surface area (Å²) in [6.45, 7) is 4.03. The Balaban J connectivity index is 1.60. The summed E-state index contributed by atoms with van der Waals surface area (Å²) in [6.07, 6.45) is 1.07. The SMILES string of the molecule is CCC1CC(=O)NC(n2nc(C)cc2NC(=O)C(=O)NCCc2ccccc2OC)N1. The number of aromatic nitrogens is 2. The minimum absolute atomic E-state index is 0.00471. The molecule has 166 valence electrons. The third kappa shape index (κ3) is 5.60. The van der Waals surface area contributed by atoms with E-state index >= 15 is 0 Å². The normalized spacial score (nSPS) is 18.2. The fourth-order valence-electron chi connectivity index (χ4n) is 3.43. The molecule has 1 aromatic carbocycles. The number of methoxy groups -OCH3 is 1. The highest BCUT2D eigenvalue weighted by Crippen LogP contribution is 2.19. The molecule has 4 N–H and O–H groups in total. The number of aryl methyl sites for hydroxylation is 1. The van der Waals surface area contributed by atoms with Gasteiger partial charge in [-0.15, -0.1) is 0 Å². The molecule has 1 aliphatic rings. The highest BCUT2D eigenvalue weighted by Gasteiger charge is 2.28. The molecule has 2 unspecified atom stereocenters. The van der Waals surface area contributed by atoms with Gasteiger partial charge in [0.15, 0.2) is 6.29 Å². The number of nitrogens with one attached hydrogen (secondary N) is 4. The Hall–Kier alpha value is -3.40. The fourth-order valence-corrected chi connectivity index (χ4v) is 3.43. The van der Waals surface area contributed by atoms with Crippen molar-refractivity contribution < 1.29 is 19.1 Å². The van der Waals surface area contributed by atoms with E-state index in [1.54, 1.807) is 20.1 Å². The Bertz CT molecular complexity index is 957. The first-order chi connectivity index (χ1) is 14.9. The summed E-state index contributed by atoms with van der Waals surface area (Å²) in [5.74, 6) is -0.622. The number of ether oxygens (including phenoxy) is 1. The number of anilines is 1. The first kappa shape index (κ1) is 22.3.